The maximum Gasteiger partial charge on any atom is 0.123 e. The first-order valence-electron chi connectivity index (χ1n) is 4.06. The predicted molar refractivity (Wildman–Crippen MR) is 66.0 cm³/mol. The van der Waals surface area contributed by atoms with E-state index in [1.807, 2.05) is 0 Å². The molecule has 0 fully saturated rings. The summed E-state index contributed by atoms with van der Waals surface area (Å²) in [6.07, 6.45) is 2.55. The lowest BCUT2D eigenvalue weighted by Gasteiger charge is -2.02. The molecule has 1 aromatic carbocycles. The molecule has 0 nitrogen and oxygen atoms in total. The minimum Gasteiger partial charge on any atom is -0.207 e. The first-order valence-corrected chi connectivity index (χ1v) is 5.64. The standard InChI is InChI=1S/C11H9Br2F/c1-2-3-10(12)11(13)8-4-6-9(14)7-5-8/h2,4-7H,1,3H2/b11-10-. The van der Waals surface area contributed by atoms with E-state index in [-0.39, 0.29) is 5.82 Å². The molecular weight excluding hydrogens is 311 g/mol. The Hall–Kier alpha value is -0.410. The second-order valence-corrected chi connectivity index (χ2v) is 4.47. The quantitative estimate of drug-likeness (QED) is 0.698. The van der Waals surface area contributed by atoms with E-state index >= 15 is 0 Å². The second-order valence-electron chi connectivity index (χ2n) is 2.72. The molecule has 0 unspecified atom stereocenters. The van der Waals surface area contributed by atoms with Gasteiger partial charge in [0.15, 0.2) is 0 Å². The average molecular weight is 320 g/mol. The van der Waals surface area contributed by atoms with E-state index in [9.17, 15) is 4.39 Å². The maximum atomic E-state index is 12.6. The zero-order chi connectivity index (χ0) is 10.6. The van der Waals surface area contributed by atoms with Crippen molar-refractivity contribution < 1.29 is 4.39 Å². The van der Waals surface area contributed by atoms with Crippen LogP contribution in [0.25, 0.3) is 4.48 Å². The van der Waals surface area contributed by atoms with Crippen molar-refractivity contribution in [1.82, 2.24) is 0 Å². The average Bonchev–Trinajstić information content (AvgIpc) is 2.18. The van der Waals surface area contributed by atoms with Crippen LogP contribution in [0.5, 0.6) is 0 Å². The monoisotopic (exact) mass is 318 g/mol. The Morgan fingerprint density at radius 3 is 2.36 bits per heavy atom. The maximum absolute atomic E-state index is 12.6. The minimum atomic E-state index is -0.228. The number of halogens is 3. The van der Waals surface area contributed by atoms with Crippen molar-refractivity contribution in [2.24, 2.45) is 0 Å². The molecule has 0 atom stereocenters. The molecule has 0 aliphatic carbocycles. The van der Waals surface area contributed by atoms with Gasteiger partial charge in [-0.25, -0.2) is 4.39 Å². The van der Waals surface area contributed by atoms with Crippen LogP contribution in [0.1, 0.15) is 12.0 Å². The van der Waals surface area contributed by atoms with Gasteiger partial charge in [0.05, 0.1) is 0 Å². The molecule has 0 saturated carbocycles. The molecule has 14 heavy (non-hydrogen) atoms. The largest absolute Gasteiger partial charge is 0.207 e. The molecule has 0 saturated heterocycles. The highest BCUT2D eigenvalue weighted by Gasteiger charge is 2.02. The van der Waals surface area contributed by atoms with Crippen molar-refractivity contribution in [3.05, 3.63) is 52.8 Å². The Morgan fingerprint density at radius 2 is 1.86 bits per heavy atom. The Morgan fingerprint density at radius 1 is 1.29 bits per heavy atom. The molecule has 0 bridgehead atoms. The Labute approximate surface area is 99.8 Å². The third-order valence-corrected chi connectivity index (χ3v) is 3.85. The Kier molecular flexibility index (Phi) is 4.55. The second kappa shape index (κ2) is 5.47. The fourth-order valence-corrected chi connectivity index (χ4v) is 1.85. The summed E-state index contributed by atoms with van der Waals surface area (Å²) in [5.41, 5.74) is 0.945. The van der Waals surface area contributed by atoms with Gasteiger partial charge in [-0.2, -0.15) is 0 Å². The van der Waals surface area contributed by atoms with E-state index in [2.05, 4.69) is 38.4 Å². The fourth-order valence-electron chi connectivity index (χ4n) is 0.969. The van der Waals surface area contributed by atoms with Crippen LogP contribution in [-0.2, 0) is 0 Å². The van der Waals surface area contributed by atoms with Gasteiger partial charge >= 0.3 is 0 Å². The van der Waals surface area contributed by atoms with Crippen molar-refractivity contribution in [2.45, 2.75) is 6.42 Å². The van der Waals surface area contributed by atoms with Crippen molar-refractivity contribution in [3.63, 3.8) is 0 Å². The van der Waals surface area contributed by atoms with Gasteiger partial charge in [0.25, 0.3) is 0 Å². The molecule has 0 radical (unpaired) electrons. The van der Waals surface area contributed by atoms with Gasteiger partial charge < -0.3 is 0 Å². The molecule has 3 heteroatoms. The van der Waals surface area contributed by atoms with Crippen LogP contribution in [0.3, 0.4) is 0 Å². The van der Waals surface area contributed by atoms with Crippen LogP contribution in [0.15, 0.2) is 41.4 Å². The highest BCUT2D eigenvalue weighted by Crippen LogP contribution is 2.30. The minimum absolute atomic E-state index is 0.228. The zero-order valence-corrected chi connectivity index (χ0v) is 10.6. The fraction of sp³-hybridized carbons (Fsp3) is 0.0909. The van der Waals surface area contributed by atoms with Crippen LogP contribution < -0.4 is 0 Å². The molecule has 0 N–H and O–H groups in total. The molecule has 0 spiro atoms. The van der Waals surface area contributed by atoms with Crippen LogP contribution >= 0.6 is 31.9 Å². The highest BCUT2D eigenvalue weighted by molar-refractivity contribution is 9.16. The summed E-state index contributed by atoms with van der Waals surface area (Å²) < 4.78 is 14.6. The molecule has 0 heterocycles. The smallest absolute Gasteiger partial charge is 0.123 e. The lowest BCUT2D eigenvalue weighted by atomic mass is 10.2. The first-order chi connectivity index (χ1) is 6.65. The molecule has 1 aromatic rings. The predicted octanol–water partition coefficient (Wildman–Crippen LogP) is 4.86. The van der Waals surface area contributed by atoms with Crippen molar-refractivity contribution in [2.75, 3.05) is 0 Å². The lowest BCUT2D eigenvalue weighted by Crippen LogP contribution is -1.80. The van der Waals surface area contributed by atoms with Crippen molar-refractivity contribution >= 4 is 36.3 Å². The van der Waals surface area contributed by atoms with Gasteiger partial charge in [0, 0.05) is 8.96 Å². The molecule has 74 valence electrons. The van der Waals surface area contributed by atoms with Gasteiger partial charge in [-0.3, -0.25) is 0 Å². The first kappa shape index (κ1) is 11.7. The van der Waals surface area contributed by atoms with Crippen molar-refractivity contribution in [1.29, 1.82) is 0 Å². The van der Waals surface area contributed by atoms with Crippen LogP contribution in [0.2, 0.25) is 0 Å². The molecule has 0 aromatic heterocycles. The summed E-state index contributed by atoms with van der Waals surface area (Å²) in [4.78, 5) is 0. The van der Waals surface area contributed by atoms with E-state index in [4.69, 9.17) is 0 Å². The molecule has 1 rings (SSSR count). The normalized spacial score (nSPS) is 12.2. The van der Waals surface area contributed by atoms with E-state index in [0.29, 0.717) is 0 Å². The van der Waals surface area contributed by atoms with Crippen LogP contribution in [0.4, 0.5) is 4.39 Å². The summed E-state index contributed by atoms with van der Waals surface area (Å²) in [7, 11) is 0. The lowest BCUT2D eigenvalue weighted by molar-refractivity contribution is 0.628. The third-order valence-electron chi connectivity index (χ3n) is 1.66. The molecular formula is C11H9Br2F. The summed E-state index contributed by atoms with van der Waals surface area (Å²) in [6, 6.07) is 6.32. The van der Waals surface area contributed by atoms with Gasteiger partial charge in [0.1, 0.15) is 5.82 Å². The van der Waals surface area contributed by atoms with Gasteiger partial charge in [-0.05, 0) is 40.0 Å². The number of rotatable bonds is 3. The van der Waals surface area contributed by atoms with E-state index < -0.39 is 0 Å². The topological polar surface area (TPSA) is 0 Å². The Balaban J connectivity index is 2.99. The molecule has 0 aliphatic heterocycles. The highest BCUT2D eigenvalue weighted by atomic mass is 79.9. The number of hydrogen-bond acceptors (Lipinski definition) is 0. The van der Waals surface area contributed by atoms with Gasteiger partial charge in [0.2, 0.25) is 0 Å². The zero-order valence-electron chi connectivity index (χ0n) is 7.43. The van der Waals surface area contributed by atoms with E-state index in [1.165, 1.54) is 12.1 Å². The van der Waals surface area contributed by atoms with E-state index in [0.717, 1.165) is 20.9 Å². The van der Waals surface area contributed by atoms with Gasteiger partial charge in [-0.15, -0.1) is 6.58 Å². The molecule has 0 aliphatic rings. The summed E-state index contributed by atoms with van der Waals surface area (Å²) in [5, 5.41) is 0. The van der Waals surface area contributed by atoms with Gasteiger partial charge in [-0.1, -0.05) is 34.1 Å². The molecule has 0 amide bonds. The SMILES string of the molecule is C=CC/C(Br)=C(/Br)c1ccc(F)cc1. The number of benzene rings is 1. The number of allylic oxidation sites excluding steroid dienone is 2. The van der Waals surface area contributed by atoms with Crippen LogP contribution in [-0.4, -0.2) is 0 Å². The number of hydrogen-bond donors (Lipinski definition) is 0. The van der Waals surface area contributed by atoms with Crippen molar-refractivity contribution in [3.8, 4) is 0 Å². The third kappa shape index (κ3) is 3.07. The summed E-state index contributed by atoms with van der Waals surface area (Å²) >= 11 is 6.87. The Bertz CT molecular complexity index is 352. The van der Waals surface area contributed by atoms with Crippen LogP contribution in [0, 0.1) is 5.82 Å². The summed E-state index contributed by atoms with van der Waals surface area (Å²) in [5.74, 6) is -0.228. The summed E-state index contributed by atoms with van der Waals surface area (Å²) in [6.45, 7) is 3.65. The van der Waals surface area contributed by atoms with E-state index in [1.54, 1.807) is 18.2 Å².